The summed E-state index contributed by atoms with van der Waals surface area (Å²) in [6.45, 7) is 1.53. The second-order valence-electron chi connectivity index (χ2n) is 7.72. The van der Waals surface area contributed by atoms with Crippen molar-refractivity contribution >= 4 is 11.8 Å². The predicted molar refractivity (Wildman–Crippen MR) is 109 cm³/mol. The molecule has 0 spiro atoms. The lowest BCUT2D eigenvalue weighted by Gasteiger charge is -2.47. The molecule has 3 aliphatic heterocycles. The first-order valence-corrected chi connectivity index (χ1v) is 10.4. The molecule has 0 aliphatic carbocycles. The minimum absolute atomic E-state index is 0.0490. The summed E-state index contributed by atoms with van der Waals surface area (Å²) in [7, 11) is 0. The number of pyridine rings is 1. The first-order valence-electron chi connectivity index (χ1n) is 10.4. The highest BCUT2D eigenvalue weighted by Gasteiger charge is 2.46. The van der Waals surface area contributed by atoms with E-state index in [-0.39, 0.29) is 36.5 Å². The van der Waals surface area contributed by atoms with Gasteiger partial charge in [0.05, 0.1) is 13.2 Å². The van der Waals surface area contributed by atoms with E-state index in [1.54, 1.807) is 4.90 Å². The number of carbonyl (C=O) groups excluding carboxylic acids is 2. The molecule has 2 fully saturated rings. The fourth-order valence-electron chi connectivity index (χ4n) is 4.24. The van der Waals surface area contributed by atoms with Gasteiger partial charge in [-0.2, -0.15) is 0 Å². The maximum absolute atomic E-state index is 13.4. The van der Waals surface area contributed by atoms with Crippen LogP contribution in [0.5, 0.6) is 5.75 Å². The second kappa shape index (κ2) is 8.16. The quantitative estimate of drug-likeness (QED) is 0.723. The third-order valence-electron chi connectivity index (χ3n) is 5.77. The van der Waals surface area contributed by atoms with Crippen LogP contribution in [-0.2, 0) is 20.9 Å². The van der Waals surface area contributed by atoms with Gasteiger partial charge in [-0.05, 0) is 18.4 Å². The molecule has 5 rings (SSSR count). The highest BCUT2D eigenvalue weighted by molar-refractivity contribution is 6.00. The maximum Gasteiger partial charge on any atom is 0.278 e. The van der Waals surface area contributed by atoms with Gasteiger partial charge in [-0.1, -0.05) is 30.3 Å². The number of carbonyl (C=O) groups is 2. The van der Waals surface area contributed by atoms with Gasteiger partial charge in [0.2, 0.25) is 5.43 Å². The fraction of sp³-hybridized carbons (Fsp3) is 0.409. The summed E-state index contributed by atoms with van der Waals surface area (Å²) in [5.41, 5.74) is 0.504. The molecule has 31 heavy (non-hydrogen) atoms. The van der Waals surface area contributed by atoms with Crippen LogP contribution in [0.1, 0.15) is 28.9 Å². The number of aromatic nitrogens is 1. The summed E-state index contributed by atoms with van der Waals surface area (Å²) in [5, 5.41) is 1.47. The average molecular weight is 425 g/mol. The van der Waals surface area contributed by atoms with Crippen molar-refractivity contribution in [2.75, 3.05) is 31.4 Å². The summed E-state index contributed by atoms with van der Waals surface area (Å²) in [5.74, 6) is -0.679. The zero-order valence-corrected chi connectivity index (χ0v) is 16.9. The molecule has 2 amide bonds. The van der Waals surface area contributed by atoms with Crippen LogP contribution in [0.25, 0.3) is 0 Å². The first kappa shape index (κ1) is 19.8. The van der Waals surface area contributed by atoms with Crippen molar-refractivity contribution in [2.45, 2.75) is 31.7 Å². The highest BCUT2D eigenvalue weighted by Crippen LogP contribution is 2.28. The van der Waals surface area contributed by atoms with Crippen LogP contribution in [0.3, 0.4) is 0 Å². The number of morpholine rings is 1. The Bertz CT molecular complexity index is 1050. The summed E-state index contributed by atoms with van der Waals surface area (Å²) in [6.07, 6.45) is 1.68. The van der Waals surface area contributed by atoms with Crippen molar-refractivity contribution in [3.63, 3.8) is 0 Å². The molecule has 0 bridgehead atoms. The van der Waals surface area contributed by atoms with Crippen molar-refractivity contribution in [1.29, 1.82) is 0 Å². The zero-order chi connectivity index (χ0) is 21.4. The number of fused-ring (bicyclic) bond motifs is 2. The number of hydrogen-bond acceptors (Lipinski definition) is 6. The lowest BCUT2D eigenvalue weighted by Crippen LogP contribution is -2.68. The van der Waals surface area contributed by atoms with Crippen LogP contribution in [0.2, 0.25) is 0 Å². The van der Waals surface area contributed by atoms with Gasteiger partial charge >= 0.3 is 0 Å². The predicted octanol–water partition coefficient (Wildman–Crippen LogP) is 0.883. The number of nitrogens with zero attached hydrogens (tertiary/aromatic N) is 3. The Labute approximate surface area is 178 Å². The summed E-state index contributed by atoms with van der Waals surface area (Å²) < 4.78 is 18.5. The third kappa shape index (κ3) is 3.49. The molecular weight excluding hydrogens is 402 g/mol. The van der Waals surface area contributed by atoms with Crippen molar-refractivity contribution in [3.8, 4) is 5.75 Å². The topological polar surface area (TPSA) is 90.3 Å². The average Bonchev–Trinajstić information content (AvgIpc) is 3.34. The van der Waals surface area contributed by atoms with E-state index in [0.29, 0.717) is 26.2 Å². The van der Waals surface area contributed by atoms with Crippen LogP contribution in [0.15, 0.2) is 47.4 Å². The molecule has 3 aliphatic rings. The van der Waals surface area contributed by atoms with Gasteiger partial charge in [0, 0.05) is 25.4 Å². The smallest absolute Gasteiger partial charge is 0.278 e. The van der Waals surface area contributed by atoms with Crippen LogP contribution >= 0.6 is 0 Å². The lowest BCUT2D eigenvalue weighted by atomic mass is 10.1. The zero-order valence-electron chi connectivity index (χ0n) is 16.9. The number of amides is 2. The van der Waals surface area contributed by atoms with Gasteiger partial charge < -0.3 is 19.1 Å². The number of rotatable bonds is 4. The molecule has 1 unspecified atom stereocenters. The van der Waals surface area contributed by atoms with E-state index >= 15 is 0 Å². The first-order chi connectivity index (χ1) is 15.1. The van der Waals surface area contributed by atoms with Crippen molar-refractivity contribution in [2.24, 2.45) is 0 Å². The van der Waals surface area contributed by atoms with Gasteiger partial charge in [0.1, 0.15) is 12.7 Å². The lowest BCUT2D eigenvalue weighted by molar-refractivity contribution is -0.132. The Morgan fingerprint density at radius 3 is 2.74 bits per heavy atom. The highest BCUT2D eigenvalue weighted by atomic mass is 16.5. The van der Waals surface area contributed by atoms with Gasteiger partial charge in [-0.15, -0.1) is 0 Å². The van der Waals surface area contributed by atoms with Gasteiger partial charge in [0.15, 0.2) is 17.6 Å². The van der Waals surface area contributed by atoms with Crippen molar-refractivity contribution in [3.05, 3.63) is 64.1 Å². The van der Waals surface area contributed by atoms with Gasteiger partial charge in [0.25, 0.3) is 11.8 Å². The van der Waals surface area contributed by atoms with Crippen LogP contribution in [-0.4, -0.2) is 60.0 Å². The third-order valence-corrected chi connectivity index (χ3v) is 5.77. The molecule has 2 aromatic rings. The molecule has 4 heterocycles. The van der Waals surface area contributed by atoms with Gasteiger partial charge in [-0.25, -0.2) is 9.69 Å². The van der Waals surface area contributed by atoms with Crippen LogP contribution in [0.4, 0.5) is 0 Å². The number of benzene rings is 1. The SMILES string of the molecule is O=C1c2c(OCc3ccccc3)c(=O)ccn2N(C(=O)C2CCCO2)[C@H]2COCCN12. The van der Waals surface area contributed by atoms with E-state index in [4.69, 9.17) is 14.2 Å². The second-order valence-corrected chi connectivity index (χ2v) is 7.72. The molecule has 1 aromatic carbocycles. The summed E-state index contributed by atoms with van der Waals surface area (Å²) in [4.78, 5) is 41.0. The largest absolute Gasteiger partial charge is 0.482 e. The molecule has 162 valence electrons. The normalized spacial score (nSPS) is 22.8. The minimum atomic E-state index is -0.602. The van der Waals surface area contributed by atoms with Crippen LogP contribution in [0, 0.1) is 0 Å². The minimum Gasteiger partial charge on any atom is -0.482 e. The summed E-state index contributed by atoms with van der Waals surface area (Å²) in [6, 6.07) is 10.7. The maximum atomic E-state index is 13.4. The number of hydrogen-bond donors (Lipinski definition) is 0. The van der Waals surface area contributed by atoms with Crippen LogP contribution < -0.4 is 15.2 Å². The Morgan fingerprint density at radius 2 is 1.97 bits per heavy atom. The Morgan fingerprint density at radius 1 is 1.13 bits per heavy atom. The molecule has 9 nitrogen and oxygen atoms in total. The van der Waals surface area contributed by atoms with Gasteiger partial charge in [-0.3, -0.25) is 14.4 Å². The Hall–Kier alpha value is -3.17. The molecule has 0 radical (unpaired) electrons. The fourth-order valence-corrected chi connectivity index (χ4v) is 4.24. The van der Waals surface area contributed by atoms with E-state index < -0.39 is 17.7 Å². The standard InChI is InChI=1S/C22H23N3O6/c26-16-8-9-24-19(20(16)31-13-15-5-2-1-3-6-15)22(28)23-10-12-29-14-18(23)25(24)21(27)17-7-4-11-30-17/h1-3,5-6,8-9,17-18H,4,7,10-14H2/t17?,18-/m0/s1. The molecule has 2 atom stereocenters. The van der Waals surface area contributed by atoms with E-state index in [1.165, 1.54) is 21.9 Å². The molecule has 1 aromatic heterocycles. The number of ether oxygens (including phenoxy) is 3. The van der Waals surface area contributed by atoms with E-state index in [9.17, 15) is 14.4 Å². The Balaban J connectivity index is 1.57. The van der Waals surface area contributed by atoms with E-state index in [1.807, 2.05) is 30.3 Å². The van der Waals surface area contributed by atoms with E-state index in [2.05, 4.69) is 0 Å². The van der Waals surface area contributed by atoms with E-state index in [0.717, 1.165) is 12.0 Å². The monoisotopic (exact) mass is 425 g/mol. The molecule has 2 saturated heterocycles. The summed E-state index contributed by atoms with van der Waals surface area (Å²) >= 11 is 0. The molecule has 0 saturated carbocycles. The Kier molecular flexibility index (Phi) is 5.21. The van der Waals surface area contributed by atoms with Crippen molar-refractivity contribution < 1.29 is 23.8 Å². The molecule has 9 heteroatoms. The molecule has 0 N–H and O–H groups in total. The molecular formula is C22H23N3O6. The van der Waals surface area contributed by atoms with Crippen molar-refractivity contribution in [1.82, 2.24) is 9.58 Å².